The van der Waals surface area contributed by atoms with Gasteiger partial charge in [0.15, 0.2) is 0 Å². The lowest BCUT2D eigenvalue weighted by molar-refractivity contribution is -0.127. The van der Waals surface area contributed by atoms with E-state index < -0.39 is 0 Å². The van der Waals surface area contributed by atoms with Gasteiger partial charge in [0.05, 0.1) is 13.2 Å². The van der Waals surface area contributed by atoms with Gasteiger partial charge in [0.2, 0.25) is 0 Å². The molecule has 0 aromatic heterocycles. The zero-order valence-corrected chi connectivity index (χ0v) is 9.93. The van der Waals surface area contributed by atoms with Crippen molar-refractivity contribution in [1.82, 2.24) is 0 Å². The maximum atomic E-state index is 11.8. The molecule has 3 heteroatoms. The molecular formula is C14H18O3. The highest BCUT2D eigenvalue weighted by molar-refractivity contribution is 5.81. The van der Waals surface area contributed by atoms with Gasteiger partial charge in [0.1, 0.15) is 11.5 Å². The second kappa shape index (κ2) is 6.40. The molecule has 1 aliphatic heterocycles. The van der Waals surface area contributed by atoms with E-state index in [1.165, 1.54) is 0 Å². The van der Waals surface area contributed by atoms with Crippen molar-refractivity contribution in [3.05, 3.63) is 30.3 Å². The van der Waals surface area contributed by atoms with Gasteiger partial charge in [-0.2, -0.15) is 0 Å². The molecule has 0 radical (unpaired) electrons. The molecule has 0 N–H and O–H groups in total. The zero-order valence-electron chi connectivity index (χ0n) is 9.93. The number of para-hydroxylation sites is 1. The Bertz CT molecular complexity index is 342. The number of ketones is 1. The lowest BCUT2D eigenvalue weighted by Gasteiger charge is -2.20. The third-order valence-electron chi connectivity index (χ3n) is 2.98. The summed E-state index contributed by atoms with van der Waals surface area (Å²) in [7, 11) is 0. The van der Waals surface area contributed by atoms with Gasteiger partial charge in [0, 0.05) is 18.9 Å². The number of carbonyl (C=O) groups is 1. The van der Waals surface area contributed by atoms with Crippen LogP contribution in [-0.4, -0.2) is 25.6 Å². The van der Waals surface area contributed by atoms with Gasteiger partial charge in [-0.15, -0.1) is 0 Å². The number of ether oxygens (including phenoxy) is 2. The van der Waals surface area contributed by atoms with Crippen molar-refractivity contribution in [2.75, 3.05) is 19.8 Å². The van der Waals surface area contributed by atoms with Crippen LogP contribution in [0.4, 0.5) is 0 Å². The minimum absolute atomic E-state index is 0.0862. The Balaban J connectivity index is 1.69. The number of Topliss-reactive ketones (excluding diaryl/α,β-unsaturated/α-hetero) is 1. The summed E-state index contributed by atoms with van der Waals surface area (Å²) in [5.41, 5.74) is 0. The fourth-order valence-electron chi connectivity index (χ4n) is 1.98. The van der Waals surface area contributed by atoms with Gasteiger partial charge in [-0.1, -0.05) is 18.2 Å². The van der Waals surface area contributed by atoms with Crippen LogP contribution in [0, 0.1) is 5.92 Å². The molecule has 1 atom stereocenters. The van der Waals surface area contributed by atoms with Gasteiger partial charge in [-0.25, -0.2) is 0 Å². The minimum atomic E-state index is 0.0862. The Kier molecular flexibility index (Phi) is 4.56. The molecule has 1 saturated heterocycles. The Hall–Kier alpha value is -1.35. The molecular weight excluding hydrogens is 216 g/mol. The number of hydrogen-bond donors (Lipinski definition) is 0. The summed E-state index contributed by atoms with van der Waals surface area (Å²) in [5, 5.41) is 0. The largest absolute Gasteiger partial charge is 0.493 e. The van der Waals surface area contributed by atoms with E-state index in [0.717, 1.165) is 25.2 Å². The predicted molar refractivity (Wildman–Crippen MR) is 65.1 cm³/mol. The van der Waals surface area contributed by atoms with Gasteiger partial charge in [-0.05, 0) is 25.0 Å². The minimum Gasteiger partial charge on any atom is -0.493 e. The molecule has 2 rings (SSSR count). The molecule has 92 valence electrons. The molecule has 1 aromatic carbocycles. The molecule has 0 spiro atoms. The van der Waals surface area contributed by atoms with E-state index in [9.17, 15) is 4.79 Å². The van der Waals surface area contributed by atoms with E-state index in [1.807, 2.05) is 30.3 Å². The maximum Gasteiger partial charge on any atom is 0.141 e. The van der Waals surface area contributed by atoms with Crippen LogP contribution in [0.5, 0.6) is 5.75 Å². The molecule has 1 heterocycles. The normalized spacial score (nSPS) is 19.9. The van der Waals surface area contributed by atoms with Crippen molar-refractivity contribution in [2.45, 2.75) is 19.3 Å². The third-order valence-corrected chi connectivity index (χ3v) is 2.98. The average Bonchev–Trinajstić information content (AvgIpc) is 2.41. The van der Waals surface area contributed by atoms with Gasteiger partial charge in [0.25, 0.3) is 0 Å². The molecule has 1 aromatic rings. The van der Waals surface area contributed by atoms with E-state index in [4.69, 9.17) is 9.47 Å². The monoisotopic (exact) mass is 234 g/mol. The molecule has 1 fully saturated rings. The average molecular weight is 234 g/mol. The number of benzene rings is 1. The SMILES string of the molecule is O=C(CCOc1ccccc1)C1CCCOC1. The van der Waals surface area contributed by atoms with Gasteiger partial charge < -0.3 is 9.47 Å². The van der Waals surface area contributed by atoms with Crippen LogP contribution < -0.4 is 4.74 Å². The van der Waals surface area contributed by atoms with Crippen molar-refractivity contribution in [3.63, 3.8) is 0 Å². The Morgan fingerprint density at radius 3 is 2.88 bits per heavy atom. The highest BCUT2D eigenvalue weighted by Gasteiger charge is 2.21. The van der Waals surface area contributed by atoms with E-state index in [-0.39, 0.29) is 11.7 Å². The first-order valence-corrected chi connectivity index (χ1v) is 6.14. The molecule has 1 unspecified atom stereocenters. The smallest absolute Gasteiger partial charge is 0.141 e. The summed E-state index contributed by atoms with van der Waals surface area (Å²) in [4.78, 5) is 11.8. The van der Waals surface area contributed by atoms with Crippen LogP contribution in [0.15, 0.2) is 30.3 Å². The Labute approximate surface area is 102 Å². The van der Waals surface area contributed by atoms with E-state index >= 15 is 0 Å². The predicted octanol–water partition coefficient (Wildman–Crippen LogP) is 2.45. The fraction of sp³-hybridized carbons (Fsp3) is 0.500. The zero-order chi connectivity index (χ0) is 11.9. The first-order chi connectivity index (χ1) is 8.36. The lowest BCUT2D eigenvalue weighted by atomic mass is 9.96. The molecule has 3 nitrogen and oxygen atoms in total. The molecule has 0 amide bonds. The van der Waals surface area contributed by atoms with E-state index in [1.54, 1.807) is 0 Å². The summed E-state index contributed by atoms with van der Waals surface area (Å²) in [6.07, 6.45) is 2.43. The van der Waals surface area contributed by atoms with E-state index in [0.29, 0.717) is 19.6 Å². The second-order valence-corrected chi connectivity index (χ2v) is 4.29. The topological polar surface area (TPSA) is 35.5 Å². The highest BCUT2D eigenvalue weighted by atomic mass is 16.5. The summed E-state index contributed by atoms with van der Waals surface area (Å²) in [6.45, 7) is 1.84. The highest BCUT2D eigenvalue weighted by Crippen LogP contribution is 2.16. The van der Waals surface area contributed by atoms with Gasteiger partial charge in [-0.3, -0.25) is 4.79 Å². The fourth-order valence-corrected chi connectivity index (χ4v) is 1.98. The summed E-state index contributed by atoms with van der Waals surface area (Å²) in [5.74, 6) is 1.17. The van der Waals surface area contributed by atoms with Crippen molar-refractivity contribution in [1.29, 1.82) is 0 Å². The number of rotatable bonds is 5. The lowest BCUT2D eigenvalue weighted by Crippen LogP contribution is -2.26. The van der Waals surface area contributed by atoms with Crippen LogP contribution in [0.1, 0.15) is 19.3 Å². The van der Waals surface area contributed by atoms with Crippen molar-refractivity contribution in [3.8, 4) is 5.75 Å². The molecule has 0 saturated carbocycles. The Morgan fingerprint density at radius 2 is 2.18 bits per heavy atom. The number of carbonyl (C=O) groups excluding carboxylic acids is 1. The second-order valence-electron chi connectivity index (χ2n) is 4.29. The summed E-state index contributed by atoms with van der Waals surface area (Å²) in [6, 6.07) is 9.58. The van der Waals surface area contributed by atoms with Crippen molar-refractivity contribution in [2.24, 2.45) is 5.92 Å². The standard InChI is InChI=1S/C14H18O3/c15-14(12-5-4-9-16-11-12)8-10-17-13-6-2-1-3-7-13/h1-3,6-7,12H,4-5,8-11H2. The van der Waals surface area contributed by atoms with E-state index in [2.05, 4.69) is 0 Å². The van der Waals surface area contributed by atoms with Crippen LogP contribution in [0.2, 0.25) is 0 Å². The maximum absolute atomic E-state index is 11.8. The molecule has 1 aliphatic rings. The first-order valence-electron chi connectivity index (χ1n) is 6.14. The molecule has 17 heavy (non-hydrogen) atoms. The summed E-state index contributed by atoms with van der Waals surface area (Å²) < 4.78 is 10.8. The van der Waals surface area contributed by atoms with Crippen LogP contribution in [0.3, 0.4) is 0 Å². The molecule has 0 aliphatic carbocycles. The Morgan fingerprint density at radius 1 is 1.35 bits per heavy atom. The van der Waals surface area contributed by atoms with Crippen molar-refractivity contribution < 1.29 is 14.3 Å². The number of hydrogen-bond acceptors (Lipinski definition) is 3. The van der Waals surface area contributed by atoms with Crippen LogP contribution in [0.25, 0.3) is 0 Å². The third kappa shape index (κ3) is 3.86. The van der Waals surface area contributed by atoms with Crippen LogP contribution >= 0.6 is 0 Å². The van der Waals surface area contributed by atoms with Crippen molar-refractivity contribution >= 4 is 5.78 Å². The molecule has 0 bridgehead atoms. The quantitative estimate of drug-likeness (QED) is 0.785. The van der Waals surface area contributed by atoms with Gasteiger partial charge >= 0.3 is 0 Å². The summed E-state index contributed by atoms with van der Waals surface area (Å²) >= 11 is 0. The van der Waals surface area contributed by atoms with Crippen LogP contribution in [-0.2, 0) is 9.53 Å². The first kappa shape index (κ1) is 12.1.